The predicted molar refractivity (Wildman–Crippen MR) is 75.7 cm³/mol. The zero-order valence-electron chi connectivity index (χ0n) is 11.1. The number of rotatable bonds is 3. The molecule has 1 nitrogen and oxygen atoms in total. The third-order valence-electron chi connectivity index (χ3n) is 3.45. The van der Waals surface area contributed by atoms with Gasteiger partial charge in [-0.3, -0.25) is 4.79 Å². The Kier molecular flexibility index (Phi) is 3.61. The number of hydrogen-bond donors (Lipinski definition) is 0. The molecule has 2 aromatic carbocycles. The van der Waals surface area contributed by atoms with E-state index in [1.165, 1.54) is 16.7 Å². The first-order chi connectivity index (χ1) is 8.59. The van der Waals surface area contributed by atoms with E-state index in [2.05, 4.69) is 37.3 Å². The minimum Gasteiger partial charge on any atom is -0.299 e. The molecular formula is C17H18O. The molecule has 0 fully saturated rings. The molecule has 0 saturated heterocycles. The summed E-state index contributed by atoms with van der Waals surface area (Å²) in [6.45, 7) is 5.70. The molecule has 1 atom stereocenters. The lowest BCUT2D eigenvalue weighted by atomic mass is 9.92. The minimum atomic E-state index is -0.0199. The van der Waals surface area contributed by atoms with Crippen molar-refractivity contribution in [2.75, 3.05) is 0 Å². The molecule has 0 unspecified atom stereocenters. The van der Waals surface area contributed by atoms with Crippen LogP contribution in [0.25, 0.3) is 11.1 Å². The predicted octanol–water partition coefficient (Wildman–Crippen LogP) is 4.35. The van der Waals surface area contributed by atoms with Crippen LogP contribution in [0.1, 0.15) is 30.9 Å². The third kappa shape index (κ3) is 2.51. The van der Waals surface area contributed by atoms with Crippen LogP contribution in [0.4, 0.5) is 0 Å². The van der Waals surface area contributed by atoms with Gasteiger partial charge in [0.15, 0.2) is 0 Å². The molecule has 0 bridgehead atoms. The highest BCUT2D eigenvalue weighted by atomic mass is 16.1. The molecule has 0 aliphatic carbocycles. The summed E-state index contributed by atoms with van der Waals surface area (Å²) in [5.41, 5.74) is 4.76. The van der Waals surface area contributed by atoms with Gasteiger partial charge in [-0.2, -0.15) is 0 Å². The van der Waals surface area contributed by atoms with Crippen molar-refractivity contribution in [2.45, 2.75) is 26.7 Å². The van der Waals surface area contributed by atoms with Gasteiger partial charge in [-0.1, -0.05) is 55.5 Å². The van der Waals surface area contributed by atoms with Gasteiger partial charge in [0.2, 0.25) is 0 Å². The summed E-state index contributed by atoms with van der Waals surface area (Å²) in [7, 11) is 0. The average Bonchev–Trinajstić information content (AvgIpc) is 2.38. The molecular weight excluding hydrogens is 220 g/mol. The average molecular weight is 238 g/mol. The molecule has 0 saturated carbocycles. The van der Waals surface area contributed by atoms with Crippen molar-refractivity contribution in [3.8, 4) is 11.1 Å². The van der Waals surface area contributed by atoms with Crippen molar-refractivity contribution in [2.24, 2.45) is 0 Å². The van der Waals surface area contributed by atoms with E-state index in [-0.39, 0.29) is 11.7 Å². The highest BCUT2D eigenvalue weighted by molar-refractivity contribution is 5.83. The standard InChI is InChI=1S/C17H18O/c1-12-11-16(13(2)14(3)18)9-10-17(12)15-7-5-4-6-8-15/h4-11,13H,1-3H3/t13-/m0/s1. The minimum absolute atomic E-state index is 0.0199. The molecule has 2 rings (SSSR count). The summed E-state index contributed by atoms with van der Waals surface area (Å²) in [5, 5.41) is 0. The van der Waals surface area contributed by atoms with E-state index < -0.39 is 0 Å². The Morgan fingerprint density at radius 1 is 1.06 bits per heavy atom. The van der Waals surface area contributed by atoms with Crippen molar-refractivity contribution in [3.63, 3.8) is 0 Å². The van der Waals surface area contributed by atoms with Gasteiger partial charge in [-0.05, 0) is 36.1 Å². The highest BCUT2D eigenvalue weighted by Gasteiger charge is 2.11. The largest absolute Gasteiger partial charge is 0.299 e. The van der Waals surface area contributed by atoms with Gasteiger partial charge in [0.05, 0.1) is 0 Å². The van der Waals surface area contributed by atoms with Crippen LogP contribution in [0.2, 0.25) is 0 Å². The van der Waals surface area contributed by atoms with Crippen LogP contribution in [0.15, 0.2) is 48.5 Å². The first kappa shape index (κ1) is 12.6. The number of aryl methyl sites for hydroxylation is 1. The maximum atomic E-state index is 11.4. The van der Waals surface area contributed by atoms with Crippen LogP contribution in [0.5, 0.6) is 0 Å². The Bertz CT molecular complexity index is 555. The number of benzene rings is 2. The fourth-order valence-electron chi connectivity index (χ4n) is 2.13. The molecule has 0 aromatic heterocycles. The van der Waals surface area contributed by atoms with Crippen molar-refractivity contribution in [3.05, 3.63) is 59.7 Å². The lowest BCUT2D eigenvalue weighted by Crippen LogP contribution is -2.04. The number of ketones is 1. The van der Waals surface area contributed by atoms with Crippen molar-refractivity contribution >= 4 is 5.78 Å². The highest BCUT2D eigenvalue weighted by Crippen LogP contribution is 2.26. The monoisotopic (exact) mass is 238 g/mol. The third-order valence-corrected chi connectivity index (χ3v) is 3.45. The van der Waals surface area contributed by atoms with E-state index in [0.717, 1.165) is 5.56 Å². The molecule has 0 spiro atoms. The molecule has 0 amide bonds. The Morgan fingerprint density at radius 2 is 1.72 bits per heavy atom. The second-order valence-corrected chi connectivity index (χ2v) is 4.77. The Labute approximate surface area is 108 Å². The molecule has 0 aliphatic rings. The zero-order chi connectivity index (χ0) is 13.1. The van der Waals surface area contributed by atoms with Crippen molar-refractivity contribution < 1.29 is 4.79 Å². The van der Waals surface area contributed by atoms with Gasteiger partial charge < -0.3 is 0 Å². The molecule has 2 aromatic rings. The second kappa shape index (κ2) is 5.18. The van der Waals surface area contributed by atoms with Gasteiger partial charge in [0, 0.05) is 5.92 Å². The topological polar surface area (TPSA) is 17.1 Å². The summed E-state index contributed by atoms with van der Waals surface area (Å²) in [6, 6.07) is 16.6. The maximum Gasteiger partial charge on any atom is 0.136 e. The summed E-state index contributed by atoms with van der Waals surface area (Å²) in [6.07, 6.45) is 0. The maximum absolute atomic E-state index is 11.4. The van der Waals surface area contributed by atoms with Crippen molar-refractivity contribution in [1.29, 1.82) is 0 Å². The first-order valence-corrected chi connectivity index (χ1v) is 6.26. The Hall–Kier alpha value is -1.89. The summed E-state index contributed by atoms with van der Waals surface area (Å²) in [4.78, 5) is 11.4. The van der Waals surface area contributed by atoms with Crippen LogP contribution in [-0.2, 0) is 4.79 Å². The van der Waals surface area contributed by atoms with Crippen LogP contribution in [-0.4, -0.2) is 5.78 Å². The quantitative estimate of drug-likeness (QED) is 0.776. The number of Topliss-reactive ketones (excluding diaryl/α,β-unsaturated/α-hetero) is 1. The molecule has 92 valence electrons. The normalized spacial score (nSPS) is 12.2. The van der Waals surface area contributed by atoms with Gasteiger partial charge in [0.25, 0.3) is 0 Å². The molecule has 0 heterocycles. The molecule has 18 heavy (non-hydrogen) atoms. The molecule has 0 aliphatic heterocycles. The van der Waals surface area contributed by atoms with E-state index in [0.29, 0.717) is 0 Å². The van der Waals surface area contributed by atoms with Gasteiger partial charge >= 0.3 is 0 Å². The second-order valence-electron chi connectivity index (χ2n) is 4.77. The molecule has 0 radical (unpaired) electrons. The van der Waals surface area contributed by atoms with E-state index >= 15 is 0 Å². The summed E-state index contributed by atoms with van der Waals surface area (Å²) in [5.74, 6) is 0.190. The van der Waals surface area contributed by atoms with E-state index in [4.69, 9.17) is 0 Å². The fourth-order valence-corrected chi connectivity index (χ4v) is 2.13. The van der Waals surface area contributed by atoms with Gasteiger partial charge in [-0.25, -0.2) is 0 Å². The summed E-state index contributed by atoms with van der Waals surface area (Å²) < 4.78 is 0. The van der Waals surface area contributed by atoms with Gasteiger partial charge in [-0.15, -0.1) is 0 Å². The van der Waals surface area contributed by atoms with E-state index in [1.54, 1.807) is 6.92 Å². The first-order valence-electron chi connectivity index (χ1n) is 6.26. The number of carbonyl (C=O) groups is 1. The Balaban J connectivity index is 2.40. The van der Waals surface area contributed by atoms with Crippen molar-refractivity contribution in [1.82, 2.24) is 0 Å². The SMILES string of the molecule is CC(=O)[C@H](C)c1ccc(-c2ccccc2)c(C)c1. The smallest absolute Gasteiger partial charge is 0.136 e. The van der Waals surface area contributed by atoms with Crippen LogP contribution in [0.3, 0.4) is 0 Å². The number of carbonyl (C=O) groups excluding carboxylic acids is 1. The summed E-state index contributed by atoms with van der Waals surface area (Å²) >= 11 is 0. The van der Waals surface area contributed by atoms with Crippen LogP contribution >= 0.6 is 0 Å². The lowest BCUT2D eigenvalue weighted by molar-refractivity contribution is -0.118. The zero-order valence-corrected chi connectivity index (χ0v) is 11.1. The molecule has 1 heteroatoms. The van der Waals surface area contributed by atoms with E-state index in [1.807, 2.05) is 25.1 Å². The fraction of sp³-hybridized carbons (Fsp3) is 0.235. The lowest BCUT2D eigenvalue weighted by Gasteiger charge is -2.12. The molecule has 0 N–H and O–H groups in total. The van der Waals surface area contributed by atoms with Gasteiger partial charge in [0.1, 0.15) is 5.78 Å². The van der Waals surface area contributed by atoms with Crippen LogP contribution in [0, 0.1) is 6.92 Å². The number of hydrogen-bond acceptors (Lipinski definition) is 1. The van der Waals surface area contributed by atoms with E-state index in [9.17, 15) is 4.79 Å². The van der Waals surface area contributed by atoms with Crippen LogP contribution < -0.4 is 0 Å². The Morgan fingerprint density at radius 3 is 2.28 bits per heavy atom.